The molecule has 0 aliphatic carbocycles. The van der Waals surface area contributed by atoms with Gasteiger partial charge in [-0.2, -0.15) is 0 Å². The van der Waals surface area contributed by atoms with Crippen molar-refractivity contribution in [2.45, 2.75) is 63.1 Å². The van der Waals surface area contributed by atoms with Crippen LogP contribution in [0.1, 0.15) is 43.2 Å². The van der Waals surface area contributed by atoms with E-state index in [1.807, 2.05) is 52.3 Å². The Labute approximate surface area is 288 Å². The van der Waals surface area contributed by atoms with Crippen LogP contribution < -0.4 is 10.6 Å². The first-order valence-electron chi connectivity index (χ1n) is 16.6. The number of rotatable bonds is 6. The molecule has 248 valence electrons. The number of carboxylic acid groups (broad SMARTS) is 1. The second-order valence-electron chi connectivity index (χ2n) is 13.0. The number of urea groups is 1. The molecule has 3 saturated heterocycles. The second-order valence-corrected chi connectivity index (χ2v) is 14.7. The van der Waals surface area contributed by atoms with Gasteiger partial charge in [-0.15, -0.1) is 0 Å². The first-order valence-corrected chi connectivity index (χ1v) is 18.2. The number of hydrogen-bond acceptors (Lipinski definition) is 5. The fourth-order valence-electron chi connectivity index (χ4n) is 7.86. The Kier molecular flexibility index (Phi) is 10.9. The number of nitrogens with one attached hydrogen (secondary N) is 2. The minimum atomic E-state index is -1.01. The molecule has 0 saturated carbocycles. The van der Waals surface area contributed by atoms with Gasteiger partial charge >= 0.3 is 12.1 Å². The average molecular weight is 761 g/mol. The van der Waals surface area contributed by atoms with Gasteiger partial charge in [0.15, 0.2) is 0 Å². The Morgan fingerprint density at radius 1 is 0.913 bits per heavy atom. The summed E-state index contributed by atoms with van der Waals surface area (Å²) in [6.07, 6.45) is 4.22. The molecule has 2 aromatic carbocycles. The molecule has 2 aromatic rings. The van der Waals surface area contributed by atoms with E-state index in [1.54, 1.807) is 0 Å². The smallest absolute Gasteiger partial charge is 0.407 e. The van der Waals surface area contributed by atoms with E-state index in [0.717, 1.165) is 77.6 Å². The fraction of sp³-hybridized carbons (Fsp3) is 0.559. The van der Waals surface area contributed by atoms with E-state index in [9.17, 15) is 19.5 Å². The zero-order chi connectivity index (χ0) is 32.2. The molecule has 0 radical (unpaired) electrons. The maximum atomic E-state index is 14.7. The monoisotopic (exact) mass is 758 g/mol. The van der Waals surface area contributed by atoms with Crippen molar-refractivity contribution < 1.29 is 19.5 Å². The third-order valence-corrected chi connectivity index (χ3v) is 12.2. The first kappa shape index (κ1) is 33.2. The number of anilines is 1. The highest BCUT2D eigenvalue weighted by Gasteiger charge is 2.44. The fourth-order valence-corrected chi connectivity index (χ4v) is 8.53. The standard InChI is InChI=1S/C34H44Br2N6O4/c35-28-7-6-23(21-29(28)36)20-27(32(43)40-15-3-14-39(18-19-40)25-8-12-37-13-9-25)31-22-26(11-17-42(31)34(45)46)41-16-10-24-4-1-2-5-30(24)38-33(41)44/h1-2,4-7,21,25-27,31,37H,3,8-20,22H2,(H,38,44)(H,45,46)/t26-,27?,31?/m1/s1. The van der Waals surface area contributed by atoms with E-state index < -0.39 is 18.1 Å². The summed E-state index contributed by atoms with van der Waals surface area (Å²) in [6, 6.07) is 13.5. The Hall–Kier alpha value is -2.67. The minimum absolute atomic E-state index is 0.0100. The minimum Gasteiger partial charge on any atom is -0.465 e. The van der Waals surface area contributed by atoms with E-state index in [4.69, 9.17) is 0 Å². The molecule has 3 atom stereocenters. The number of halogens is 2. The summed E-state index contributed by atoms with van der Waals surface area (Å²) >= 11 is 7.17. The summed E-state index contributed by atoms with van der Waals surface area (Å²) in [6.45, 7) is 5.99. The molecule has 10 nitrogen and oxygen atoms in total. The van der Waals surface area contributed by atoms with Crippen molar-refractivity contribution in [2.75, 3.05) is 57.7 Å². The molecule has 4 amide bonds. The molecule has 3 N–H and O–H groups in total. The maximum absolute atomic E-state index is 14.7. The average Bonchev–Trinajstić information content (AvgIpc) is 3.41. The second kappa shape index (κ2) is 15.0. The highest BCUT2D eigenvalue weighted by atomic mass is 79.9. The number of hydrogen-bond donors (Lipinski definition) is 3. The van der Waals surface area contributed by atoms with Gasteiger partial charge in [-0.3, -0.25) is 9.69 Å². The van der Waals surface area contributed by atoms with Gasteiger partial charge in [0.25, 0.3) is 0 Å². The normalized spacial score (nSPS) is 24.0. The van der Waals surface area contributed by atoms with Crippen molar-refractivity contribution >= 4 is 55.6 Å². The maximum Gasteiger partial charge on any atom is 0.407 e. The van der Waals surface area contributed by atoms with E-state index in [-0.39, 0.29) is 24.5 Å². The van der Waals surface area contributed by atoms with Gasteiger partial charge < -0.3 is 30.4 Å². The largest absolute Gasteiger partial charge is 0.465 e. The Bertz CT molecular complexity index is 1420. The molecule has 4 heterocycles. The first-order chi connectivity index (χ1) is 22.3. The van der Waals surface area contributed by atoms with Gasteiger partial charge in [0, 0.05) is 72.0 Å². The third kappa shape index (κ3) is 7.55. The van der Waals surface area contributed by atoms with Gasteiger partial charge in [0.1, 0.15) is 0 Å². The third-order valence-electron chi connectivity index (χ3n) is 10.3. The van der Waals surface area contributed by atoms with Crippen LogP contribution in [0.3, 0.4) is 0 Å². The van der Waals surface area contributed by atoms with E-state index in [1.165, 1.54) is 4.90 Å². The molecule has 4 aliphatic rings. The van der Waals surface area contributed by atoms with Crippen molar-refractivity contribution in [1.29, 1.82) is 0 Å². The number of likely N-dealkylation sites (tertiary alicyclic amines) is 1. The van der Waals surface area contributed by atoms with Crippen molar-refractivity contribution in [3.05, 3.63) is 62.5 Å². The number of benzene rings is 2. The number of nitrogens with zero attached hydrogens (tertiary/aromatic N) is 4. The number of amides is 4. The van der Waals surface area contributed by atoms with Gasteiger partial charge in [-0.05, 0) is 119 Å². The molecule has 12 heteroatoms. The molecule has 6 rings (SSSR count). The molecule has 4 aliphatic heterocycles. The van der Waals surface area contributed by atoms with Crippen LogP contribution in [0.15, 0.2) is 51.4 Å². The summed E-state index contributed by atoms with van der Waals surface area (Å²) in [5, 5.41) is 16.9. The molecule has 0 spiro atoms. The number of para-hydroxylation sites is 1. The van der Waals surface area contributed by atoms with Crippen LogP contribution in [-0.2, 0) is 17.6 Å². The number of fused-ring (bicyclic) bond motifs is 1. The highest BCUT2D eigenvalue weighted by Crippen LogP contribution is 2.34. The van der Waals surface area contributed by atoms with Crippen molar-refractivity contribution in [2.24, 2.45) is 5.92 Å². The van der Waals surface area contributed by atoms with Gasteiger partial charge in [0.2, 0.25) is 5.91 Å². The van der Waals surface area contributed by atoms with Crippen LogP contribution in [0.2, 0.25) is 0 Å². The van der Waals surface area contributed by atoms with Crippen molar-refractivity contribution in [3.8, 4) is 0 Å². The predicted molar refractivity (Wildman–Crippen MR) is 185 cm³/mol. The van der Waals surface area contributed by atoms with Crippen molar-refractivity contribution in [3.63, 3.8) is 0 Å². The van der Waals surface area contributed by atoms with E-state index >= 15 is 0 Å². The molecular formula is C34H44Br2N6O4. The lowest BCUT2D eigenvalue weighted by molar-refractivity contribution is -0.138. The zero-order valence-corrected chi connectivity index (χ0v) is 29.3. The summed E-state index contributed by atoms with van der Waals surface area (Å²) < 4.78 is 1.81. The molecule has 3 fully saturated rings. The summed E-state index contributed by atoms with van der Waals surface area (Å²) in [5.41, 5.74) is 2.88. The van der Waals surface area contributed by atoms with Crippen LogP contribution in [-0.4, -0.2) is 113 Å². The number of carbonyl (C=O) groups excluding carboxylic acids is 2. The lowest BCUT2D eigenvalue weighted by atomic mass is 9.82. The summed E-state index contributed by atoms with van der Waals surface area (Å²) in [7, 11) is 0. The zero-order valence-electron chi connectivity index (χ0n) is 26.2. The molecule has 0 bridgehead atoms. The van der Waals surface area contributed by atoms with Gasteiger partial charge in [-0.1, -0.05) is 24.3 Å². The number of carbonyl (C=O) groups is 3. The Balaban J connectivity index is 1.26. The summed E-state index contributed by atoms with van der Waals surface area (Å²) in [5.74, 6) is -0.569. The molecular weight excluding hydrogens is 716 g/mol. The predicted octanol–water partition coefficient (Wildman–Crippen LogP) is 5.26. The van der Waals surface area contributed by atoms with Crippen LogP contribution in [0.5, 0.6) is 0 Å². The molecule has 2 unspecified atom stereocenters. The van der Waals surface area contributed by atoms with Crippen molar-refractivity contribution in [1.82, 2.24) is 24.9 Å². The highest BCUT2D eigenvalue weighted by molar-refractivity contribution is 9.13. The van der Waals surface area contributed by atoms with Crippen LogP contribution >= 0.6 is 31.9 Å². The van der Waals surface area contributed by atoms with E-state index in [0.29, 0.717) is 44.9 Å². The van der Waals surface area contributed by atoms with Crippen LogP contribution in [0, 0.1) is 5.92 Å². The van der Waals surface area contributed by atoms with Crippen LogP contribution in [0.25, 0.3) is 0 Å². The van der Waals surface area contributed by atoms with Crippen LogP contribution in [0.4, 0.5) is 15.3 Å². The lowest BCUT2D eigenvalue weighted by Crippen LogP contribution is -2.58. The number of piperidine rings is 2. The Morgan fingerprint density at radius 2 is 1.72 bits per heavy atom. The van der Waals surface area contributed by atoms with Gasteiger partial charge in [0.05, 0.1) is 5.92 Å². The quantitative estimate of drug-likeness (QED) is 0.371. The molecule has 0 aromatic heterocycles. The lowest BCUT2D eigenvalue weighted by Gasteiger charge is -2.45. The van der Waals surface area contributed by atoms with Gasteiger partial charge in [-0.25, -0.2) is 9.59 Å². The van der Waals surface area contributed by atoms with E-state index in [2.05, 4.69) is 47.4 Å². The molecule has 46 heavy (non-hydrogen) atoms. The Morgan fingerprint density at radius 3 is 2.50 bits per heavy atom. The summed E-state index contributed by atoms with van der Waals surface area (Å²) in [4.78, 5) is 48.8. The topological polar surface area (TPSA) is 108 Å². The SMILES string of the molecule is O=C(C(Cc1ccc(Br)c(Br)c1)C1C[C@H](N2CCc3ccccc3NC2=O)CCN1C(=O)O)N1CCCN(C2CCNCC2)CC1.